The summed E-state index contributed by atoms with van der Waals surface area (Å²) >= 11 is 1.19. The molecule has 0 unspecified atom stereocenters. The molecule has 10 nitrogen and oxygen atoms in total. The zero-order valence-electron chi connectivity index (χ0n) is 18.8. The third-order valence-corrected chi connectivity index (χ3v) is 6.92. The Morgan fingerprint density at radius 3 is 2.76 bits per heavy atom. The molecule has 2 aromatic rings. The maximum absolute atomic E-state index is 12.8. The minimum absolute atomic E-state index is 0.0248. The molecule has 33 heavy (non-hydrogen) atoms. The zero-order valence-corrected chi connectivity index (χ0v) is 19.6. The summed E-state index contributed by atoms with van der Waals surface area (Å²) in [5.74, 6) is -0.180. The Morgan fingerprint density at radius 2 is 2.03 bits per heavy atom. The fraction of sp³-hybridized carbons (Fsp3) is 0.500. The summed E-state index contributed by atoms with van der Waals surface area (Å²) in [6, 6.07) is 7.36. The van der Waals surface area contributed by atoms with E-state index in [1.807, 2.05) is 35.8 Å². The Bertz CT molecular complexity index is 1050. The molecule has 1 aliphatic carbocycles. The van der Waals surface area contributed by atoms with Crippen molar-refractivity contribution >= 4 is 29.6 Å². The molecule has 1 saturated heterocycles. The highest BCUT2D eigenvalue weighted by Crippen LogP contribution is 2.33. The van der Waals surface area contributed by atoms with Crippen molar-refractivity contribution in [2.75, 3.05) is 19.5 Å². The van der Waals surface area contributed by atoms with Crippen LogP contribution in [0.1, 0.15) is 37.7 Å². The molecule has 1 aromatic carbocycles. The lowest BCUT2D eigenvalue weighted by atomic mass is 9.82. The number of rotatable bonds is 8. The molecule has 2 aliphatic rings. The summed E-state index contributed by atoms with van der Waals surface area (Å²) in [5, 5.41) is 12.7. The largest absolute Gasteiger partial charge is 0.383 e. The van der Waals surface area contributed by atoms with Crippen LogP contribution >= 0.6 is 11.8 Å². The third-order valence-electron chi connectivity index (χ3n) is 5.95. The van der Waals surface area contributed by atoms with E-state index in [1.54, 1.807) is 7.11 Å². The number of aryl methyl sites for hydroxylation is 1. The molecule has 11 heteroatoms. The van der Waals surface area contributed by atoms with Crippen molar-refractivity contribution in [3.8, 4) is 11.4 Å². The summed E-state index contributed by atoms with van der Waals surface area (Å²) < 4.78 is 7.13. The molecule has 2 heterocycles. The fourth-order valence-electron chi connectivity index (χ4n) is 4.28. The normalized spacial score (nSPS) is 17.5. The lowest BCUT2D eigenvalue weighted by molar-refractivity contribution is -0.139. The lowest BCUT2D eigenvalue weighted by Gasteiger charge is -2.30. The molecule has 1 saturated carbocycles. The van der Waals surface area contributed by atoms with Crippen LogP contribution in [-0.4, -0.2) is 62.6 Å². The van der Waals surface area contributed by atoms with E-state index in [2.05, 4.69) is 20.9 Å². The highest BCUT2D eigenvalue weighted by atomic mass is 32.2. The number of nitrogens with zero attached hydrogens (tertiary/aromatic N) is 4. The number of hydrogen-bond donors (Lipinski definition) is 2. The fourth-order valence-corrected chi connectivity index (χ4v) is 5.04. The summed E-state index contributed by atoms with van der Waals surface area (Å²) in [6.07, 6.45) is 4.00. The molecule has 0 atom stereocenters. The number of nitrogens with one attached hydrogen (secondary N) is 2. The van der Waals surface area contributed by atoms with Crippen molar-refractivity contribution in [3.63, 3.8) is 0 Å². The number of urea groups is 1. The predicted octanol–water partition coefficient (Wildman–Crippen LogP) is 2.28. The minimum atomic E-state index is -0.876. The summed E-state index contributed by atoms with van der Waals surface area (Å²) in [6.45, 7) is 2.99. The van der Waals surface area contributed by atoms with E-state index in [0.29, 0.717) is 37.0 Å². The molecular formula is C22H28N6O4S. The first-order chi connectivity index (χ1) is 15.9. The number of ether oxygens (including phenoxy) is 1. The molecule has 0 bridgehead atoms. The van der Waals surface area contributed by atoms with Gasteiger partial charge in [-0.05, 0) is 25.8 Å². The van der Waals surface area contributed by atoms with Gasteiger partial charge in [-0.25, -0.2) is 4.79 Å². The van der Waals surface area contributed by atoms with Crippen LogP contribution in [-0.2, 0) is 20.9 Å². The first-order valence-electron chi connectivity index (χ1n) is 11.0. The van der Waals surface area contributed by atoms with Gasteiger partial charge in [-0.2, -0.15) is 5.01 Å². The molecule has 2 N–H and O–H groups in total. The van der Waals surface area contributed by atoms with Gasteiger partial charge in [-0.15, -0.1) is 10.2 Å². The molecule has 176 valence electrons. The van der Waals surface area contributed by atoms with Crippen LogP contribution in [0, 0.1) is 6.92 Å². The number of hydrogen-bond acceptors (Lipinski definition) is 7. The Kier molecular flexibility index (Phi) is 6.99. The van der Waals surface area contributed by atoms with Crippen LogP contribution < -0.4 is 10.7 Å². The number of aromatic nitrogens is 3. The molecule has 4 rings (SSSR count). The number of methoxy groups -OCH3 is 1. The molecule has 0 radical (unpaired) electrons. The topological polar surface area (TPSA) is 118 Å². The van der Waals surface area contributed by atoms with E-state index in [4.69, 9.17) is 4.74 Å². The second kappa shape index (κ2) is 9.92. The van der Waals surface area contributed by atoms with Crippen molar-refractivity contribution in [2.24, 2.45) is 0 Å². The van der Waals surface area contributed by atoms with Crippen LogP contribution in [0.15, 0.2) is 29.4 Å². The average Bonchev–Trinajstić information content (AvgIpc) is 3.31. The standard InChI is InChI=1S/C22H28N6O4S/c1-15-7-6-8-16(13-15)18-24-25-21(27(18)11-12-32-2)33-14-17(29)26-28-19(30)22(23-20(28)31)9-4-3-5-10-22/h6-8,13H,3-5,9-12,14H2,1-2H3,(H,23,31)(H,26,29). The van der Waals surface area contributed by atoms with E-state index in [0.717, 1.165) is 35.4 Å². The highest BCUT2D eigenvalue weighted by molar-refractivity contribution is 7.99. The maximum Gasteiger partial charge on any atom is 0.344 e. The van der Waals surface area contributed by atoms with Gasteiger partial charge in [-0.1, -0.05) is 54.8 Å². The Morgan fingerprint density at radius 1 is 1.24 bits per heavy atom. The number of imide groups is 1. The number of carbonyl (C=O) groups is 3. The molecular weight excluding hydrogens is 444 g/mol. The quantitative estimate of drug-likeness (QED) is 0.447. The SMILES string of the molecule is COCCn1c(SCC(=O)NN2C(=O)NC3(CCCCC3)C2=O)nnc1-c1cccc(C)c1. The predicted molar refractivity (Wildman–Crippen MR) is 122 cm³/mol. The van der Waals surface area contributed by atoms with Crippen molar-refractivity contribution in [3.05, 3.63) is 29.8 Å². The second-order valence-electron chi connectivity index (χ2n) is 8.36. The van der Waals surface area contributed by atoms with Crippen molar-refractivity contribution in [1.29, 1.82) is 0 Å². The van der Waals surface area contributed by atoms with Gasteiger partial charge in [0, 0.05) is 12.7 Å². The van der Waals surface area contributed by atoms with Gasteiger partial charge in [-0.3, -0.25) is 19.6 Å². The molecule has 4 amide bonds. The van der Waals surface area contributed by atoms with Crippen LogP contribution in [0.25, 0.3) is 11.4 Å². The Labute approximate surface area is 196 Å². The molecule has 1 aliphatic heterocycles. The van der Waals surface area contributed by atoms with Gasteiger partial charge in [0.15, 0.2) is 11.0 Å². The van der Waals surface area contributed by atoms with Gasteiger partial charge in [0.2, 0.25) is 5.91 Å². The number of carbonyl (C=O) groups excluding carboxylic acids is 3. The van der Waals surface area contributed by atoms with Crippen LogP contribution in [0.5, 0.6) is 0 Å². The van der Waals surface area contributed by atoms with Gasteiger partial charge in [0.25, 0.3) is 5.91 Å². The number of hydrazine groups is 1. The average molecular weight is 473 g/mol. The minimum Gasteiger partial charge on any atom is -0.383 e. The van der Waals surface area contributed by atoms with Crippen molar-refractivity contribution < 1.29 is 19.1 Å². The maximum atomic E-state index is 12.8. The van der Waals surface area contributed by atoms with Crippen LogP contribution in [0.3, 0.4) is 0 Å². The monoisotopic (exact) mass is 472 g/mol. The molecule has 1 spiro atoms. The first-order valence-corrected chi connectivity index (χ1v) is 12.0. The highest BCUT2D eigenvalue weighted by Gasteiger charge is 2.52. The molecule has 2 fully saturated rings. The Hall–Kier alpha value is -2.92. The van der Waals surface area contributed by atoms with Crippen LogP contribution in [0.2, 0.25) is 0 Å². The number of thioether (sulfide) groups is 1. The lowest BCUT2D eigenvalue weighted by Crippen LogP contribution is -2.51. The van der Waals surface area contributed by atoms with Gasteiger partial charge < -0.3 is 10.1 Å². The van der Waals surface area contributed by atoms with Gasteiger partial charge in [0.1, 0.15) is 5.54 Å². The first kappa shape index (κ1) is 23.2. The van der Waals surface area contributed by atoms with Crippen molar-refractivity contribution in [1.82, 2.24) is 30.5 Å². The third kappa shape index (κ3) is 4.88. The summed E-state index contributed by atoms with van der Waals surface area (Å²) in [4.78, 5) is 37.8. The zero-order chi connectivity index (χ0) is 23.4. The smallest absolute Gasteiger partial charge is 0.344 e. The van der Waals surface area contributed by atoms with Gasteiger partial charge in [0.05, 0.1) is 18.9 Å². The summed E-state index contributed by atoms with van der Waals surface area (Å²) in [7, 11) is 1.62. The van der Waals surface area contributed by atoms with E-state index >= 15 is 0 Å². The van der Waals surface area contributed by atoms with Crippen LogP contribution in [0.4, 0.5) is 4.79 Å². The van der Waals surface area contributed by atoms with Crippen molar-refractivity contribution in [2.45, 2.75) is 56.3 Å². The van der Waals surface area contributed by atoms with E-state index in [9.17, 15) is 14.4 Å². The Balaban J connectivity index is 1.43. The number of benzene rings is 1. The second-order valence-corrected chi connectivity index (χ2v) is 9.30. The van der Waals surface area contributed by atoms with E-state index < -0.39 is 17.5 Å². The van der Waals surface area contributed by atoms with Gasteiger partial charge >= 0.3 is 6.03 Å². The summed E-state index contributed by atoms with van der Waals surface area (Å²) in [5.41, 5.74) is 3.61. The number of amides is 4. The molecule has 1 aromatic heterocycles. The van der Waals surface area contributed by atoms with E-state index in [1.165, 1.54) is 11.8 Å². The van der Waals surface area contributed by atoms with E-state index in [-0.39, 0.29) is 11.7 Å².